The average molecular weight is 282 g/mol. The van der Waals surface area contributed by atoms with Crippen LogP contribution in [0.2, 0.25) is 0 Å². The van der Waals surface area contributed by atoms with Crippen LogP contribution in [0.3, 0.4) is 0 Å². The molecule has 0 aliphatic heterocycles. The highest BCUT2D eigenvalue weighted by molar-refractivity contribution is 7.99. The summed E-state index contributed by atoms with van der Waals surface area (Å²) >= 11 is 1.97. The van der Waals surface area contributed by atoms with Gasteiger partial charge in [0.25, 0.3) is 0 Å². The summed E-state index contributed by atoms with van der Waals surface area (Å²) in [5.41, 5.74) is 0. The standard InChI is InChI=1S/C14H22N2O2S/c17-11-7-5-10(6-8-11)14-15-13(16-18-14)9-19-12-3-1-2-4-12/h10-12,17H,1-9H2. The maximum Gasteiger partial charge on any atom is 0.229 e. The predicted molar refractivity (Wildman–Crippen MR) is 75.1 cm³/mol. The fourth-order valence-electron chi connectivity index (χ4n) is 3.06. The maximum absolute atomic E-state index is 9.51. The number of hydrogen-bond donors (Lipinski definition) is 1. The molecule has 0 aromatic carbocycles. The molecule has 1 N–H and O–H groups in total. The predicted octanol–water partition coefficient (Wildman–Crippen LogP) is 3.26. The molecule has 2 aliphatic rings. The first kappa shape index (κ1) is 13.4. The van der Waals surface area contributed by atoms with E-state index in [4.69, 9.17) is 4.52 Å². The zero-order chi connectivity index (χ0) is 13.1. The van der Waals surface area contributed by atoms with Gasteiger partial charge in [-0.3, -0.25) is 0 Å². The van der Waals surface area contributed by atoms with Crippen molar-refractivity contribution in [2.24, 2.45) is 0 Å². The van der Waals surface area contributed by atoms with E-state index < -0.39 is 0 Å². The first-order valence-corrected chi connectivity index (χ1v) is 8.48. The van der Waals surface area contributed by atoms with Crippen molar-refractivity contribution in [3.05, 3.63) is 11.7 Å². The second-order valence-electron chi connectivity index (χ2n) is 5.77. The summed E-state index contributed by atoms with van der Waals surface area (Å²) < 4.78 is 5.40. The first-order valence-electron chi connectivity index (χ1n) is 7.43. The molecule has 19 heavy (non-hydrogen) atoms. The number of aromatic nitrogens is 2. The zero-order valence-corrected chi connectivity index (χ0v) is 12.1. The Labute approximate surface area is 118 Å². The van der Waals surface area contributed by atoms with Crippen LogP contribution >= 0.6 is 11.8 Å². The van der Waals surface area contributed by atoms with Crippen molar-refractivity contribution in [3.8, 4) is 0 Å². The molecule has 106 valence electrons. The molecule has 0 spiro atoms. The van der Waals surface area contributed by atoms with Gasteiger partial charge in [-0.15, -0.1) is 0 Å². The van der Waals surface area contributed by atoms with Crippen LogP contribution in [0.4, 0.5) is 0 Å². The average Bonchev–Trinajstić information content (AvgIpc) is 3.09. The minimum atomic E-state index is -0.128. The van der Waals surface area contributed by atoms with Gasteiger partial charge in [0.05, 0.1) is 11.9 Å². The van der Waals surface area contributed by atoms with Crippen LogP contribution in [-0.4, -0.2) is 26.6 Å². The fourth-order valence-corrected chi connectivity index (χ4v) is 4.23. The van der Waals surface area contributed by atoms with Gasteiger partial charge in [0, 0.05) is 11.2 Å². The van der Waals surface area contributed by atoms with Gasteiger partial charge in [-0.2, -0.15) is 16.7 Å². The Bertz CT molecular complexity index is 396. The maximum atomic E-state index is 9.51. The van der Waals surface area contributed by atoms with Gasteiger partial charge in [-0.1, -0.05) is 18.0 Å². The summed E-state index contributed by atoms with van der Waals surface area (Å²) in [7, 11) is 0. The van der Waals surface area contributed by atoms with E-state index in [-0.39, 0.29) is 6.10 Å². The Morgan fingerprint density at radius 1 is 1.11 bits per heavy atom. The third kappa shape index (κ3) is 3.51. The zero-order valence-electron chi connectivity index (χ0n) is 11.3. The number of aliphatic hydroxyl groups is 1. The van der Waals surface area contributed by atoms with Crippen LogP contribution in [0.1, 0.15) is 69.0 Å². The molecule has 2 saturated carbocycles. The summed E-state index contributed by atoms with van der Waals surface area (Å²) in [6.45, 7) is 0. The van der Waals surface area contributed by atoms with Crippen molar-refractivity contribution < 1.29 is 9.63 Å². The second-order valence-corrected chi connectivity index (χ2v) is 7.06. The molecule has 1 heterocycles. The van der Waals surface area contributed by atoms with Crippen molar-refractivity contribution in [2.45, 2.75) is 74.4 Å². The van der Waals surface area contributed by atoms with E-state index in [9.17, 15) is 5.11 Å². The molecule has 2 aliphatic carbocycles. The van der Waals surface area contributed by atoms with Crippen molar-refractivity contribution in [1.82, 2.24) is 10.1 Å². The van der Waals surface area contributed by atoms with E-state index in [0.29, 0.717) is 5.92 Å². The summed E-state index contributed by atoms with van der Waals surface area (Å²) in [5.74, 6) is 2.87. The third-order valence-corrected chi connectivity index (χ3v) is 5.65. The summed E-state index contributed by atoms with van der Waals surface area (Å²) in [6.07, 6.45) is 8.97. The van der Waals surface area contributed by atoms with Crippen LogP contribution in [0.15, 0.2) is 4.52 Å². The molecule has 4 nitrogen and oxygen atoms in total. The molecule has 0 unspecified atom stereocenters. The lowest BCUT2D eigenvalue weighted by Gasteiger charge is -2.22. The van der Waals surface area contributed by atoms with Gasteiger partial charge < -0.3 is 9.63 Å². The van der Waals surface area contributed by atoms with Gasteiger partial charge >= 0.3 is 0 Å². The Balaban J connectivity index is 1.51. The van der Waals surface area contributed by atoms with Crippen molar-refractivity contribution in [3.63, 3.8) is 0 Å². The van der Waals surface area contributed by atoms with Gasteiger partial charge in [0.1, 0.15) is 0 Å². The lowest BCUT2D eigenvalue weighted by molar-refractivity contribution is 0.116. The summed E-state index contributed by atoms with van der Waals surface area (Å²) in [4.78, 5) is 4.54. The molecule has 3 rings (SSSR count). The van der Waals surface area contributed by atoms with E-state index in [1.165, 1.54) is 25.7 Å². The van der Waals surface area contributed by atoms with Gasteiger partial charge in [0.2, 0.25) is 5.89 Å². The molecule has 0 atom stereocenters. The molecular weight excluding hydrogens is 260 g/mol. The highest BCUT2D eigenvalue weighted by Crippen LogP contribution is 2.33. The van der Waals surface area contributed by atoms with Crippen molar-refractivity contribution in [1.29, 1.82) is 0 Å². The van der Waals surface area contributed by atoms with E-state index in [2.05, 4.69) is 10.1 Å². The van der Waals surface area contributed by atoms with Crippen LogP contribution < -0.4 is 0 Å². The molecule has 0 radical (unpaired) electrons. The van der Waals surface area contributed by atoms with E-state index in [0.717, 1.165) is 48.4 Å². The number of hydrogen-bond acceptors (Lipinski definition) is 5. The minimum Gasteiger partial charge on any atom is -0.393 e. The molecule has 2 fully saturated rings. The lowest BCUT2D eigenvalue weighted by atomic mass is 9.87. The van der Waals surface area contributed by atoms with Gasteiger partial charge in [0.15, 0.2) is 5.82 Å². The lowest BCUT2D eigenvalue weighted by Crippen LogP contribution is -2.17. The van der Waals surface area contributed by atoms with E-state index in [1.807, 2.05) is 11.8 Å². The SMILES string of the molecule is OC1CCC(c2nc(CSC3CCCC3)no2)CC1. The second kappa shape index (κ2) is 6.27. The van der Waals surface area contributed by atoms with Crippen LogP contribution in [0.5, 0.6) is 0 Å². The van der Waals surface area contributed by atoms with Gasteiger partial charge in [-0.05, 0) is 38.5 Å². The smallest absolute Gasteiger partial charge is 0.229 e. The molecule has 0 saturated heterocycles. The third-order valence-electron chi connectivity index (χ3n) is 4.28. The molecule has 1 aromatic heterocycles. The number of thioether (sulfide) groups is 1. The number of rotatable bonds is 4. The van der Waals surface area contributed by atoms with Gasteiger partial charge in [-0.25, -0.2) is 0 Å². The fraction of sp³-hybridized carbons (Fsp3) is 0.857. The molecular formula is C14H22N2O2S. The molecule has 0 amide bonds. The van der Waals surface area contributed by atoms with E-state index >= 15 is 0 Å². The largest absolute Gasteiger partial charge is 0.393 e. The van der Waals surface area contributed by atoms with Crippen molar-refractivity contribution >= 4 is 11.8 Å². The van der Waals surface area contributed by atoms with Crippen LogP contribution in [0.25, 0.3) is 0 Å². The summed E-state index contributed by atoms with van der Waals surface area (Å²) in [5, 5.41) is 14.4. The molecule has 5 heteroatoms. The van der Waals surface area contributed by atoms with Crippen LogP contribution in [0, 0.1) is 0 Å². The minimum absolute atomic E-state index is 0.128. The number of nitrogens with zero attached hydrogens (tertiary/aromatic N) is 2. The molecule has 1 aromatic rings. The first-order chi connectivity index (χ1) is 9.31. The number of aliphatic hydroxyl groups excluding tert-OH is 1. The Morgan fingerprint density at radius 3 is 2.58 bits per heavy atom. The summed E-state index contributed by atoms with van der Waals surface area (Å²) in [6, 6.07) is 0. The molecule has 0 bridgehead atoms. The quantitative estimate of drug-likeness (QED) is 0.918. The Kier molecular flexibility index (Phi) is 4.43. The van der Waals surface area contributed by atoms with Crippen molar-refractivity contribution in [2.75, 3.05) is 0 Å². The highest BCUT2D eigenvalue weighted by Gasteiger charge is 2.25. The Hall–Kier alpha value is -0.550. The topological polar surface area (TPSA) is 59.2 Å². The monoisotopic (exact) mass is 282 g/mol. The van der Waals surface area contributed by atoms with Crippen LogP contribution in [-0.2, 0) is 5.75 Å². The normalized spacial score (nSPS) is 28.9. The van der Waals surface area contributed by atoms with E-state index in [1.54, 1.807) is 0 Å². The highest BCUT2D eigenvalue weighted by atomic mass is 32.2. The Morgan fingerprint density at radius 2 is 1.84 bits per heavy atom.